The fourth-order valence-electron chi connectivity index (χ4n) is 4.50. The molecule has 2 fully saturated rings. The highest BCUT2D eigenvalue weighted by Crippen LogP contribution is 2.41. The molecule has 5 nitrogen and oxygen atoms in total. The lowest BCUT2D eigenvalue weighted by Crippen LogP contribution is -2.53. The number of ketones is 1. The zero-order valence-corrected chi connectivity index (χ0v) is 17.5. The SMILES string of the molecule is C[C@@H]1NC[C@@H](c2ccccc2)S(=O)(=O)C1Cc1ccc(C2(C#N)CC(=O)C2)cc1F. The Morgan fingerprint density at radius 2 is 1.90 bits per heavy atom. The number of hydrogen-bond acceptors (Lipinski definition) is 5. The van der Waals surface area contributed by atoms with Crippen LogP contribution in [0.2, 0.25) is 0 Å². The first-order valence-corrected chi connectivity index (χ1v) is 11.6. The van der Waals surface area contributed by atoms with E-state index in [1.165, 1.54) is 6.07 Å². The minimum absolute atomic E-state index is 0.0128. The third kappa shape index (κ3) is 3.44. The van der Waals surface area contributed by atoms with Crippen molar-refractivity contribution in [3.8, 4) is 6.07 Å². The number of rotatable bonds is 4. The van der Waals surface area contributed by atoms with Crippen LogP contribution < -0.4 is 5.32 Å². The number of hydrogen-bond donors (Lipinski definition) is 1. The van der Waals surface area contributed by atoms with Gasteiger partial charge in [-0.3, -0.25) is 4.79 Å². The summed E-state index contributed by atoms with van der Waals surface area (Å²) >= 11 is 0. The lowest BCUT2D eigenvalue weighted by molar-refractivity contribution is -0.126. The Morgan fingerprint density at radius 3 is 2.50 bits per heavy atom. The molecule has 1 aliphatic carbocycles. The van der Waals surface area contributed by atoms with E-state index < -0.39 is 31.6 Å². The van der Waals surface area contributed by atoms with E-state index in [0.717, 1.165) is 5.56 Å². The predicted molar refractivity (Wildman–Crippen MR) is 111 cm³/mol. The highest BCUT2D eigenvalue weighted by atomic mass is 32.2. The highest BCUT2D eigenvalue weighted by molar-refractivity contribution is 7.92. The van der Waals surface area contributed by atoms with Crippen LogP contribution in [0, 0.1) is 17.1 Å². The highest BCUT2D eigenvalue weighted by Gasteiger charge is 2.46. The molecule has 4 rings (SSSR count). The van der Waals surface area contributed by atoms with Gasteiger partial charge < -0.3 is 5.32 Å². The standard InChI is InChI=1S/C23H23FN2O3S/c1-15-21(30(28,29)22(13-26-15)16-5-3-2-4-6-16)9-17-7-8-18(10-20(17)24)23(14-25)11-19(27)12-23/h2-8,10,15,21-22,26H,9,11-13H2,1H3/t15-,21?,22-/m0/s1. The Balaban J connectivity index is 1.61. The fraction of sp³-hybridized carbons (Fsp3) is 0.391. The molecule has 2 aromatic rings. The van der Waals surface area contributed by atoms with Crippen LogP contribution in [0.1, 0.15) is 41.7 Å². The minimum atomic E-state index is -3.55. The van der Waals surface area contributed by atoms with Crippen LogP contribution in [0.3, 0.4) is 0 Å². The second kappa shape index (κ2) is 7.60. The number of carbonyl (C=O) groups excluding carboxylic acids is 1. The van der Waals surface area contributed by atoms with Crippen molar-refractivity contribution in [3.05, 3.63) is 71.0 Å². The third-order valence-corrected chi connectivity index (χ3v) is 9.06. The van der Waals surface area contributed by atoms with Crippen molar-refractivity contribution in [2.24, 2.45) is 0 Å². The molecule has 0 bridgehead atoms. The molecular formula is C23H23FN2O3S. The molecule has 1 heterocycles. The van der Waals surface area contributed by atoms with E-state index in [4.69, 9.17) is 0 Å². The Labute approximate surface area is 175 Å². The lowest BCUT2D eigenvalue weighted by Gasteiger charge is -2.36. The van der Waals surface area contributed by atoms with E-state index in [1.807, 2.05) is 18.2 Å². The van der Waals surface area contributed by atoms with Gasteiger partial charge in [0, 0.05) is 25.4 Å². The van der Waals surface area contributed by atoms with E-state index in [0.29, 0.717) is 17.7 Å². The van der Waals surface area contributed by atoms with Gasteiger partial charge in [0.2, 0.25) is 0 Å². The van der Waals surface area contributed by atoms with E-state index in [9.17, 15) is 22.9 Å². The molecule has 0 radical (unpaired) electrons. The second-order valence-electron chi connectivity index (χ2n) is 8.32. The largest absolute Gasteiger partial charge is 0.311 e. The van der Waals surface area contributed by atoms with Gasteiger partial charge in [-0.25, -0.2) is 12.8 Å². The summed E-state index contributed by atoms with van der Waals surface area (Å²) < 4.78 is 41.6. The molecule has 1 aliphatic heterocycles. The number of halogens is 1. The normalized spacial score (nSPS) is 27.1. The second-order valence-corrected chi connectivity index (χ2v) is 10.7. The first kappa shape index (κ1) is 20.7. The van der Waals surface area contributed by atoms with Crippen LogP contribution in [0.4, 0.5) is 4.39 Å². The van der Waals surface area contributed by atoms with Crippen LogP contribution in [0.25, 0.3) is 0 Å². The molecular weight excluding hydrogens is 403 g/mol. The molecule has 0 aromatic heterocycles. The minimum Gasteiger partial charge on any atom is -0.311 e. The Bertz CT molecular complexity index is 1120. The average molecular weight is 427 g/mol. The lowest BCUT2D eigenvalue weighted by atomic mass is 9.64. The average Bonchev–Trinajstić information content (AvgIpc) is 2.70. The first-order chi connectivity index (χ1) is 14.3. The molecule has 0 amide bonds. The maximum Gasteiger partial charge on any atom is 0.163 e. The zero-order valence-electron chi connectivity index (χ0n) is 16.6. The number of Topliss-reactive ketones (excluding diaryl/α,β-unsaturated/α-hetero) is 1. The van der Waals surface area contributed by atoms with E-state index in [1.54, 1.807) is 31.2 Å². The summed E-state index contributed by atoms with van der Waals surface area (Å²) in [6.45, 7) is 2.13. The third-order valence-electron chi connectivity index (χ3n) is 6.41. The topological polar surface area (TPSA) is 87.0 Å². The number of benzene rings is 2. The molecule has 1 unspecified atom stereocenters. The van der Waals surface area contributed by atoms with Gasteiger partial charge in [-0.05, 0) is 36.1 Å². The molecule has 30 heavy (non-hydrogen) atoms. The van der Waals surface area contributed by atoms with Crippen molar-refractivity contribution in [2.45, 2.75) is 48.1 Å². The smallest absolute Gasteiger partial charge is 0.163 e. The van der Waals surface area contributed by atoms with E-state index in [2.05, 4.69) is 11.4 Å². The van der Waals surface area contributed by atoms with Crippen molar-refractivity contribution < 1.29 is 17.6 Å². The van der Waals surface area contributed by atoms with Gasteiger partial charge in [0.15, 0.2) is 9.84 Å². The molecule has 7 heteroatoms. The van der Waals surface area contributed by atoms with Crippen LogP contribution in [-0.4, -0.2) is 32.0 Å². The van der Waals surface area contributed by atoms with Crippen LogP contribution in [0.15, 0.2) is 48.5 Å². The van der Waals surface area contributed by atoms with Crippen molar-refractivity contribution in [3.63, 3.8) is 0 Å². The molecule has 0 spiro atoms. The van der Waals surface area contributed by atoms with Gasteiger partial charge >= 0.3 is 0 Å². The maximum atomic E-state index is 14.9. The monoisotopic (exact) mass is 426 g/mol. The van der Waals surface area contributed by atoms with Gasteiger partial charge in [-0.15, -0.1) is 0 Å². The van der Waals surface area contributed by atoms with E-state index >= 15 is 0 Å². The summed E-state index contributed by atoms with van der Waals surface area (Å²) in [4.78, 5) is 11.4. The summed E-state index contributed by atoms with van der Waals surface area (Å²) in [6, 6.07) is 15.4. The first-order valence-electron chi connectivity index (χ1n) is 10.00. The number of nitrogens with one attached hydrogen (secondary N) is 1. The van der Waals surface area contributed by atoms with Crippen molar-refractivity contribution in [2.75, 3.05) is 6.54 Å². The summed E-state index contributed by atoms with van der Waals surface area (Å²) in [5.41, 5.74) is 0.545. The van der Waals surface area contributed by atoms with Crippen molar-refractivity contribution in [1.29, 1.82) is 5.26 Å². The number of nitrogens with zero attached hydrogens (tertiary/aromatic N) is 1. The summed E-state index contributed by atoms with van der Waals surface area (Å²) in [7, 11) is -3.55. The molecule has 1 saturated heterocycles. The van der Waals surface area contributed by atoms with Crippen LogP contribution in [-0.2, 0) is 26.5 Å². The van der Waals surface area contributed by atoms with Crippen LogP contribution >= 0.6 is 0 Å². The van der Waals surface area contributed by atoms with E-state index in [-0.39, 0.29) is 31.1 Å². The number of carbonyl (C=O) groups is 1. The Hall–Kier alpha value is -2.56. The Morgan fingerprint density at radius 1 is 1.20 bits per heavy atom. The van der Waals surface area contributed by atoms with Crippen LogP contribution in [0.5, 0.6) is 0 Å². The van der Waals surface area contributed by atoms with Gasteiger partial charge in [-0.1, -0.05) is 42.5 Å². The van der Waals surface area contributed by atoms with Gasteiger partial charge in [0.05, 0.1) is 22.0 Å². The zero-order chi connectivity index (χ0) is 21.5. The molecule has 1 N–H and O–H groups in total. The van der Waals surface area contributed by atoms with Gasteiger partial charge in [-0.2, -0.15) is 5.26 Å². The summed E-state index contributed by atoms with van der Waals surface area (Å²) in [5, 5.41) is 11.3. The summed E-state index contributed by atoms with van der Waals surface area (Å²) in [6.07, 6.45) is 0.239. The molecule has 156 valence electrons. The maximum absolute atomic E-state index is 14.9. The predicted octanol–water partition coefficient (Wildman–Crippen LogP) is 3.01. The summed E-state index contributed by atoms with van der Waals surface area (Å²) in [5.74, 6) is -0.549. The number of nitriles is 1. The van der Waals surface area contributed by atoms with Crippen molar-refractivity contribution in [1.82, 2.24) is 5.32 Å². The molecule has 2 aromatic carbocycles. The molecule has 3 atom stereocenters. The van der Waals surface area contributed by atoms with Gasteiger partial charge in [0.1, 0.15) is 11.6 Å². The van der Waals surface area contributed by atoms with Gasteiger partial charge in [0.25, 0.3) is 0 Å². The fourth-order valence-corrected chi connectivity index (χ4v) is 6.86. The number of sulfone groups is 1. The quantitative estimate of drug-likeness (QED) is 0.812. The molecule has 2 aliphatic rings. The molecule has 1 saturated carbocycles. The van der Waals surface area contributed by atoms with Crippen molar-refractivity contribution >= 4 is 15.6 Å². The Kier molecular flexibility index (Phi) is 5.25.